The molecule has 2 aromatic heterocycles. The SMILES string of the molecule is C=C(C)CSc1nc2nc3c(cc2c(=O)n1-c1ccccc1C)COC(C)(C)C3. The van der Waals surface area contributed by atoms with Gasteiger partial charge >= 0.3 is 0 Å². The molecular weight excluding hydrogens is 382 g/mol. The minimum Gasteiger partial charge on any atom is -0.370 e. The fraction of sp³-hybridized carbons (Fsp3) is 0.348. The Bertz CT molecular complexity index is 1180. The molecule has 0 radical (unpaired) electrons. The molecule has 5 nitrogen and oxygen atoms in total. The first-order valence-electron chi connectivity index (χ1n) is 9.68. The number of aryl methyl sites for hydroxylation is 1. The van der Waals surface area contributed by atoms with Crippen LogP contribution in [0.5, 0.6) is 0 Å². The Morgan fingerprint density at radius 1 is 1.31 bits per heavy atom. The van der Waals surface area contributed by atoms with Gasteiger partial charge in [-0.25, -0.2) is 9.97 Å². The summed E-state index contributed by atoms with van der Waals surface area (Å²) in [5, 5.41) is 1.16. The summed E-state index contributed by atoms with van der Waals surface area (Å²) in [4.78, 5) is 23.2. The number of ether oxygens (including phenoxy) is 1. The zero-order valence-corrected chi connectivity index (χ0v) is 18.1. The lowest BCUT2D eigenvalue weighted by molar-refractivity contribution is -0.0411. The van der Waals surface area contributed by atoms with Crippen molar-refractivity contribution in [3.8, 4) is 5.69 Å². The number of rotatable bonds is 4. The minimum atomic E-state index is -0.263. The molecule has 0 N–H and O–H groups in total. The molecule has 0 saturated heterocycles. The van der Waals surface area contributed by atoms with Gasteiger partial charge in [-0.3, -0.25) is 9.36 Å². The van der Waals surface area contributed by atoms with Gasteiger partial charge < -0.3 is 4.74 Å². The minimum absolute atomic E-state index is 0.103. The molecule has 0 bridgehead atoms. The molecule has 6 heteroatoms. The maximum absolute atomic E-state index is 13.6. The molecule has 0 unspecified atom stereocenters. The third kappa shape index (κ3) is 3.87. The van der Waals surface area contributed by atoms with E-state index in [2.05, 4.69) is 20.4 Å². The Hall–Kier alpha value is -2.44. The van der Waals surface area contributed by atoms with E-state index in [-0.39, 0.29) is 11.2 Å². The van der Waals surface area contributed by atoms with E-state index >= 15 is 0 Å². The molecule has 3 heterocycles. The highest BCUT2D eigenvalue weighted by atomic mass is 32.2. The van der Waals surface area contributed by atoms with E-state index in [0.29, 0.717) is 35.0 Å². The fourth-order valence-electron chi connectivity index (χ4n) is 3.49. The molecule has 0 spiro atoms. The topological polar surface area (TPSA) is 57.0 Å². The summed E-state index contributed by atoms with van der Waals surface area (Å²) in [7, 11) is 0. The average molecular weight is 408 g/mol. The van der Waals surface area contributed by atoms with E-state index < -0.39 is 0 Å². The van der Waals surface area contributed by atoms with Crippen molar-refractivity contribution in [2.45, 2.75) is 51.5 Å². The normalized spacial score (nSPS) is 15.3. The van der Waals surface area contributed by atoms with Gasteiger partial charge in [0.1, 0.15) is 0 Å². The number of nitrogens with zero attached hydrogens (tertiary/aromatic N) is 3. The molecule has 29 heavy (non-hydrogen) atoms. The summed E-state index contributed by atoms with van der Waals surface area (Å²) in [6.45, 7) is 12.5. The van der Waals surface area contributed by atoms with Crippen molar-refractivity contribution in [1.82, 2.24) is 14.5 Å². The number of hydrogen-bond acceptors (Lipinski definition) is 5. The summed E-state index contributed by atoms with van der Waals surface area (Å²) in [6.07, 6.45) is 0.703. The molecule has 0 aliphatic carbocycles. The van der Waals surface area contributed by atoms with Crippen LogP contribution < -0.4 is 5.56 Å². The second-order valence-corrected chi connectivity index (χ2v) is 9.20. The summed E-state index contributed by atoms with van der Waals surface area (Å²) in [5.74, 6) is 0.690. The first kappa shape index (κ1) is 19.9. The van der Waals surface area contributed by atoms with Crippen molar-refractivity contribution in [2.75, 3.05) is 5.75 Å². The predicted molar refractivity (Wildman–Crippen MR) is 118 cm³/mol. The first-order chi connectivity index (χ1) is 13.7. The number of aromatic nitrogens is 3. The van der Waals surface area contributed by atoms with Crippen LogP contribution in [0.25, 0.3) is 16.7 Å². The third-order valence-corrected chi connectivity index (χ3v) is 6.18. The van der Waals surface area contributed by atoms with Gasteiger partial charge in [0, 0.05) is 17.7 Å². The van der Waals surface area contributed by atoms with Gasteiger partial charge in [0.05, 0.1) is 29.0 Å². The number of hydrogen-bond donors (Lipinski definition) is 0. The van der Waals surface area contributed by atoms with Crippen LogP contribution in [-0.2, 0) is 17.8 Å². The molecule has 0 atom stereocenters. The Morgan fingerprint density at radius 2 is 2.07 bits per heavy atom. The second kappa shape index (κ2) is 7.43. The fourth-order valence-corrected chi connectivity index (χ4v) is 4.33. The maximum Gasteiger partial charge on any atom is 0.268 e. The van der Waals surface area contributed by atoms with E-state index in [4.69, 9.17) is 14.7 Å². The lowest BCUT2D eigenvalue weighted by atomic mass is 9.95. The Kier molecular flexibility index (Phi) is 5.09. The number of benzene rings is 1. The maximum atomic E-state index is 13.6. The van der Waals surface area contributed by atoms with Crippen molar-refractivity contribution in [2.24, 2.45) is 0 Å². The Balaban J connectivity index is 1.97. The summed E-state index contributed by atoms with van der Waals surface area (Å²) in [6, 6.07) is 9.76. The van der Waals surface area contributed by atoms with Crippen molar-refractivity contribution in [3.05, 3.63) is 69.7 Å². The highest BCUT2D eigenvalue weighted by Crippen LogP contribution is 2.29. The molecular formula is C23H25N3O2S. The van der Waals surface area contributed by atoms with Crippen LogP contribution in [0.3, 0.4) is 0 Å². The molecule has 1 aromatic carbocycles. The van der Waals surface area contributed by atoms with Crippen LogP contribution in [0, 0.1) is 6.92 Å². The highest BCUT2D eigenvalue weighted by molar-refractivity contribution is 7.99. The quantitative estimate of drug-likeness (QED) is 0.359. The van der Waals surface area contributed by atoms with E-state index in [1.165, 1.54) is 11.8 Å². The van der Waals surface area contributed by atoms with Crippen molar-refractivity contribution in [3.63, 3.8) is 0 Å². The average Bonchev–Trinajstić information content (AvgIpc) is 2.65. The predicted octanol–water partition coefficient (Wildman–Crippen LogP) is 4.61. The summed E-state index contributed by atoms with van der Waals surface area (Å²) in [5.41, 5.74) is 4.95. The highest BCUT2D eigenvalue weighted by Gasteiger charge is 2.28. The zero-order valence-electron chi connectivity index (χ0n) is 17.3. The van der Waals surface area contributed by atoms with E-state index in [9.17, 15) is 4.79 Å². The molecule has 0 fully saturated rings. The standard InChI is InChI=1S/C23H25N3O2S/c1-14(2)13-29-22-25-20-17(10-16-12-28-23(4,5)11-18(16)24-20)21(27)26(22)19-9-7-6-8-15(19)3/h6-10H,1,11-13H2,2-5H3. The number of fused-ring (bicyclic) bond motifs is 2. The molecule has 0 saturated carbocycles. The van der Waals surface area contributed by atoms with E-state index in [1.54, 1.807) is 4.57 Å². The van der Waals surface area contributed by atoms with Crippen molar-refractivity contribution in [1.29, 1.82) is 0 Å². The van der Waals surface area contributed by atoms with Gasteiger partial charge in [0.2, 0.25) is 0 Å². The monoisotopic (exact) mass is 407 g/mol. The van der Waals surface area contributed by atoms with Gasteiger partial charge in [-0.1, -0.05) is 42.1 Å². The van der Waals surface area contributed by atoms with Crippen LogP contribution in [-0.4, -0.2) is 25.9 Å². The molecule has 4 rings (SSSR count). The van der Waals surface area contributed by atoms with Crippen LogP contribution in [0.4, 0.5) is 0 Å². The Labute approximate surface area is 174 Å². The van der Waals surface area contributed by atoms with Gasteiger partial charge in [-0.2, -0.15) is 0 Å². The van der Waals surface area contributed by atoms with Crippen LogP contribution in [0.15, 0.2) is 52.4 Å². The second-order valence-electron chi connectivity index (χ2n) is 8.26. The smallest absolute Gasteiger partial charge is 0.268 e. The molecule has 3 aromatic rings. The van der Waals surface area contributed by atoms with Crippen molar-refractivity contribution >= 4 is 22.8 Å². The Morgan fingerprint density at radius 3 is 2.79 bits per heavy atom. The van der Waals surface area contributed by atoms with Gasteiger partial charge in [-0.05, 0) is 45.4 Å². The van der Waals surface area contributed by atoms with Gasteiger partial charge in [0.15, 0.2) is 10.8 Å². The van der Waals surface area contributed by atoms with Crippen LogP contribution >= 0.6 is 11.8 Å². The summed E-state index contributed by atoms with van der Waals surface area (Å²) >= 11 is 1.51. The number of pyridine rings is 1. The largest absolute Gasteiger partial charge is 0.370 e. The summed E-state index contributed by atoms with van der Waals surface area (Å²) < 4.78 is 7.62. The third-order valence-electron chi connectivity index (χ3n) is 5.01. The number of thioether (sulfide) groups is 1. The molecule has 150 valence electrons. The van der Waals surface area contributed by atoms with Gasteiger partial charge in [0.25, 0.3) is 5.56 Å². The number of para-hydroxylation sites is 1. The van der Waals surface area contributed by atoms with Gasteiger partial charge in [-0.15, -0.1) is 0 Å². The van der Waals surface area contributed by atoms with Crippen LogP contribution in [0.2, 0.25) is 0 Å². The lowest BCUT2D eigenvalue weighted by Gasteiger charge is -2.31. The van der Waals surface area contributed by atoms with Crippen molar-refractivity contribution < 1.29 is 4.74 Å². The first-order valence-corrected chi connectivity index (χ1v) is 10.7. The molecule has 1 aliphatic rings. The van der Waals surface area contributed by atoms with Crippen LogP contribution in [0.1, 0.15) is 37.6 Å². The lowest BCUT2D eigenvalue weighted by Crippen LogP contribution is -2.33. The van der Waals surface area contributed by atoms with E-state index in [0.717, 1.165) is 28.1 Å². The molecule has 0 amide bonds. The molecule has 1 aliphatic heterocycles. The zero-order chi connectivity index (χ0) is 20.8. The van der Waals surface area contributed by atoms with E-state index in [1.807, 2.05) is 44.2 Å².